The number of rotatable bonds is 2. The van der Waals surface area contributed by atoms with E-state index in [1.807, 2.05) is 29.5 Å². The molecule has 5 aromatic carbocycles. The summed E-state index contributed by atoms with van der Waals surface area (Å²) >= 11 is 1.88. The lowest BCUT2D eigenvalue weighted by Gasteiger charge is -2.37. The summed E-state index contributed by atoms with van der Waals surface area (Å²) in [6.45, 7) is 2.36. The molecule has 0 amide bonds. The summed E-state index contributed by atoms with van der Waals surface area (Å²) in [4.78, 5) is 17.7. The first-order valence-electron chi connectivity index (χ1n) is 17.7. The van der Waals surface area contributed by atoms with E-state index in [0.717, 1.165) is 35.1 Å². The average Bonchev–Trinajstić information content (AvgIpc) is 3.57. The van der Waals surface area contributed by atoms with Gasteiger partial charge in [-0.25, -0.2) is 15.0 Å². The molecule has 2 unspecified atom stereocenters. The number of allylic oxidation sites excluding steroid dienone is 8. The van der Waals surface area contributed by atoms with Crippen molar-refractivity contribution < 1.29 is 0 Å². The number of fused-ring (bicyclic) bond motifs is 16. The lowest BCUT2D eigenvalue weighted by Crippen LogP contribution is -2.28. The number of aromatic nitrogens is 3. The van der Waals surface area contributed by atoms with Crippen LogP contribution in [0.5, 0.6) is 0 Å². The van der Waals surface area contributed by atoms with E-state index in [1.54, 1.807) is 0 Å². The van der Waals surface area contributed by atoms with Crippen molar-refractivity contribution in [1.29, 1.82) is 0 Å². The zero-order chi connectivity index (χ0) is 33.9. The summed E-state index contributed by atoms with van der Waals surface area (Å²) in [5.41, 5.74) is 10.4. The maximum atomic E-state index is 5.11. The molecule has 5 heteroatoms. The van der Waals surface area contributed by atoms with Gasteiger partial charge >= 0.3 is 0 Å². The molecule has 0 spiro atoms. The molecule has 10 bridgehead atoms. The minimum absolute atomic E-state index is 0.200. The summed E-state index contributed by atoms with van der Waals surface area (Å²) in [5, 5.41) is 2.64. The molecule has 3 aliphatic rings. The zero-order valence-corrected chi connectivity index (χ0v) is 29.0. The Morgan fingerprint density at radius 1 is 0.647 bits per heavy atom. The van der Waals surface area contributed by atoms with Gasteiger partial charge in [0.05, 0.1) is 0 Å². The van der Waals surface area contributed by atoms with E-state index < -0.39 is 0 Å². The second kappa shape index (κ2) is 12.1. The number of hydrogen-bond donors (Lipinski definition) is 0. The van der Waals surface area contributed by atoms with Gasteiger partial charge in [0.1, 0.15) is 0 Å². The molecule has 3 heterocycles. The third-order valence-electron chi connectivity index (χ3n) is 10.4. The van der Waals surface area contributed by atoms with Gasteiger partial charge in [-0.1, -0.05) is 116 Å². The van der Waals surface area contributed by atoms with E-state index in [4.69, 9.17) is 15.0 Å². The lowest BCUT2D eigenvalue weighted by atomic mass is 9.86. The molecular weight excluding hydrogens is 641 g/mol. The third-order valence-corrected chi connectivity index (χ3v) is 11.6. The van der Waals surface area contributed by atoms with Crippen LogP contribution in [-0.4, -0.2) is 15.0 Å². The van der Waals surface area contributed by atoms with Crippen molar-refractivity contribution in [3.63, 3.8) is 0 Å². The number of benzene rings is 5. The molecule has 7 aromatic rings. The van der Waals surface area contributed by atoms with Gasteiger partial charge in [0, 0.05) is 65.8 Å². The first kappa shape index (κ1) is 30.0. The maximum absolute atomic E-state index is 5.11. The number of hydrogen-bond acceptors (Lipinski definition) is 5. The second-order valence-electron chi connectivity index (χ2n) is 13.7. The van der Waals surface area contributed by atoms with E-state index in [9.17, 15) is 0 Å². The number of anilines is 1. The highest BCUT2D eigenvalue weighted by Gasteiger charge is 2.28. The van der Waals surface area contributed by atoms with Crippen molar-refractivity contribution in [1.82, 2.24) is 15.0 Å². The van der Waals surface area contributed by atoms with Crippen LogP contribution in [0, 0.1) is 5.92 Å². The van der Waals surface area contributed by atoms with Crippen molar-refractivity contribution in [3.8, 4) is 34.2 Å². The van der Waals surface area contributed by atoms with Crippen molar-refractivity contribution in [2.24, 2.45) is 5.92 Å². The van der Waals surface area contributed by atoms with Crippen LogP contribution in [0.25, 0.3) is 59.9 Å². The first-order chi connectivity index (χ1) is 25.1. The highest BCUT2D eigenvalue weighted by molar-refractivity contribution is 7.25. The summed E-state index contributed by atoms with van der Waals surface area (Å²) in [7, 11) is 0. The molecule has 2 aliphatic carbocycles. The molecule has 0 fully saturated rings. The summed E-state index contributed by atoms with van der Waals surface area (Å²) in [6.07, 6.45) is 13.5. The van der Waals surface area contributed by atoms with Crippen LogP contribution in [0.1, 0.15) is 36.8 Å². The Balaban J connectivity index is 1.19. The molecule has 0 saturated heterocycles. The molecule has 2 atom stereocenters. The molecule has 0 radical (unpaired) electrons. The Bertz CT molecular complexity index is 2630. The predicted octanol–water partition coefficient (Wildman–Crippen LogP) is 12.0. The van der Waals surface area contributed by atoms with Crippen LogP contribution >= 0.6 is 11.3 Å². The van der Waals surface area contributed by atoms with Crippen molar-refractivity contribution >= 4 is 42.8 Å². The van der Waals surface area contributed by atoms with Crippen LogP contribution in [-0.2, 0) is 0 Å². The Kier molecular flexibility index (Phi) is 7.14. The normalized spacial score (nSPS) is 18.0. The van der Waals surface area contributed by atoms with E-state index in [0.29, 0.717) is 23.4 Å². The molecule has 4 nitrogen and oxygen atoms in total. The molecule has 0 N–H and O–H groups in total. The van der Waals surface area contributed by atoms with Gasteiger partial charge in [0.2, 0.25) is 0 Å². The fraction of sp³-hybridized carbons (Fsp3) is 0.109. The summed E-state index contributed by atoms with van der Waals surface area (Å²) in [5.74, 6) is 2.56. The van der Waals surface area contributed by atoms with Crippen molar-refractivity contribution in [2.45, 2.75) is 25.7 Å². The van der Waals surface area contributed by atoms with Gasteiger partial charge in [-0.3, -0.25) is 0 Å². The Labute approximate surface area is 301 Å². The zero-order valence-electron chi connectivity index (χ0n) is 28.2. The highest BCUT2D eigenvalue weighted by Crippen LogP contribution is 2.43. The SMILES string of the molecule is CC1CC=C2C=C1N(c1ccc3c(c1)sc1ccccc13)C1=CC=CC(C1)c1cccc(c1)-c1nc(-c3ccccc3)nc(n1)-c1cccc2c1. The molecule has 2 aromatic heterocycles. The quantitative estimate of drug-likeness (QED) is 0.183. The van der Waals surface area contributed by atoms with Gasteiger partial charge in [0.25, 0.3) is 0 Å². The molecule has 10 rings (SSSR count). The predicted molar refractivity (Wildman–Crippen MR) is 212 cm³/mol. The average molecular weight is 675 g/mol. The van der Waals surface area contributed by atoms with E-state index >= 15 is 0 Å². The Hall–Kier alpha value is -5.91. The van der Waals surface area contributed by atoms with Gasteiger partial charge in [-0.2, -0.15) is 0 Å². The summed E-state index contributed by atoms with van der Waals surface area (Å²) < 4.78 is 2.64. The molecule has 244 valence electrons. The minimum Gasteiger partial charge on any atom is -0.318 e. The monoisotopic (exact) mass is 674 g/mol. The second-order valence-corrected chi connectivity index (χ2v) is 14.8. The van der Waals surface area contributed by atoms with Crippen molar-refractivity contribution in [3.05, 3.63) is 174 Å². The Morgan fingerprint density at radius 2 is 1.35 bits per heavy atom. The molecule has 1 aliphatic heterocycles. The maximum Gasteiger partial charge on any atom is 0.164 e. The van der Waals surface area contributed by atoms with E-state index in [1.165, 1.54) is 48.4 Å². The van der Waals surface area contributed by atoms with Crippen LogP contribution in [0.4, 0.5) is 5.69 Å². The minimum atomic E-state index is 0.200. The fourth-order valence-corrected chi connectivity index (χ4v) is 8.90. The number of thiophene rings is 1. The standard InChI is InChI=1S/C46H34N4S/c1-29-20-21-34-27-41(29)50(38-22-23-40-39-18-5-6-19-42(39)51-43(40)28-38)37-17-9-14-33(26-37)31-12-7-15-35(24-31)45-47-44(30-10-3-2-4-11-30)48-46(49-45)36-16-8-13-32(34)25-36/h2-19,21-25,27-29,33H,20,26H2,1H3. The van der Waals surface area contributed by atoms with Gasteiger partial charge in [-0.05, 0) is 72.0 Å². The fourth-order valence-electron chi connectivity index (χ4n) is 7.76. The highest BCUT2D eigenvalue weighted by atomic mass is 32.1. The van der Waals surface area contributed by atoms with E-state index in [-0.39, 0.29) is 5.92 Å². The van der Waals surface area contributed by atoms with Crippen LogP contribution in [0.3, 0.4) is 0 Å². The first-order valence-corrected chi connectivity index (χ1v) is 18.5. The third kappa shape index (κ3) is 5.33. The van der Waals surface area contributed by atoms with E-state index in [2.05, 4.69) is 145 Å². The van der Waals surface area contributed by atoms with Gasteiger partial charge in [-0.15, -0.1) is 11.3 Å². The summed E-state index contributed by atoms with van der Waals surface area (Å²) in [6, 6.07) is 43.4. The van der Waals surface area contributed by atoms with Gasteiger partial charge in [0.15, 0.2) is 17.5 Å². The molecule has 51 heavy (non-hydrogen) atoms. The topological polar surface area (TPSA) is 41.9 Å². The van der Waals surface area contributed by atoms with Crippen LogP contribution < -0.4 is 4.90 Å². The van der Waals surface area contributed by atoms with Crippen LogP contribution in [0.15, 0.2) is 163 Å². The molecular formula is C46H34N4S. The number of nitrogens with zero attached hydrogens (tertiary/aromatic N) is 4. The van der Waals surface area contributed by atoms with Gasteiger partial charge < -0.3 is 4.90 Å². The lowest BCUT2D eigenvalue weighted by molar-refractivity contribution is 0.652. The largest absolute Gasteiger partial charge is 0.318 e. The van der Waals surface area contributed by atoms with Crippen LogP contribution in [0.2, 0.25) is 0 Å². The molecule has 0 saturated carbocycles. The van der Waals surface area contributed by atoms with Crippen molar-refractivity contribution in [2.75, 3.05) is 4.90 Å². The smallest absolute Gasteiger partial charge is 0.164 e. The Morgan fingerprint density at radius 3 is 2.22 bits per heavy atom.